The Morgan fingerprint density at radius 2 is 2.00 bits per heavy atom. The van der Waals surface area contributed by atoms with Crippen molar-refractivity contribution in [3.05, 3.63) is 12.4 Å². The number of rotatable bonds is 5. The molecule has 0 saturated carbocycles. The third kappa shape index (κ3) is 7.98. The third-order valence-corrected chi connectivity index (χ3v) is 3.17. The van der Waals surface area contributed by atoms with Gasteiger partial charge in [0.05, 0.1) is 12.4 Å². The van der Waals surface area contributed by atoms with Crippen molar-refractivity contribution in [1.29, 1.82) is 0 Å². The van der Waals surface area contributed by atoms with Gasteiger partial charge in [-0.15, -0.1) is 0 Å². The predicted octanol–water partition coefficient (Wildman–Crippen LogP) is 1.70. The Morgan fingerprint density at radius 3 is 2.29 bits per heavy atom. The van der Waals surface area contributed by atoms with Crippen molar-refractivity contribution < 1.29 is 17.3 Å². The Bertz CT molecular complexity index is 320. The Hall–Kier alpha value is -0.820. The fraction of sp³-hybridized carbons (Fsp3) is 0.800. The standard InChI is InChI=1S/C6H12N2.C4H9FO3S/c1-3-8-5-4-7(2)6-8;1-2-3-4-9(6,7)8-5/h4-5H,3,6H2,1-2H3;2-4H2,1H3. The van der Waals surface area contributed by atoms with Crippen LogP contribution in [0, 0.1) is 0 Å². The normalized spacial score (nSPS) is 14.8. The van der Waals surface area contributed by atoms with Gasteiger partial charge >= 0.3 is 0 Å². The minimum Gasteiger partial charge on any atom is -0.362 e. The summed E-state index contributed by atoms with van der Waals surface area (Å²) in [5.41, 5.74) is 0. The maximum Gasteiger partial charge on any atom is 0.297 e. The molecule has 7 heteroatoms. The van der Waals surface area contributed by atoms with Gasteiger partial charge in [0.25, 0.3) is 10.1 Å². The fourth-order valence-electron chi connectivity index (χ4n) is 1.15. The monoisotopic (exact) mass is 268 g/mol. The number of unbranched alkanes of at least 4 members (excludes halogenated alkanes) is 1. The molecule has 0 fully saturated rings. The second-order valence-electron chi connectivity index (χ2n) is 3.78. The van der Waals surface area contributed by atoms with Gasteiger partial charge in [0.1, 0.15) is 0 Å². The molecule has 0 radical (unpaired) electrons. The van der Waals surface area contributed by atoms with Gasteiger partial charge in [-0.05, 0) is 17.9 Å². The average molecular weight is 268 g/mol. The third-order valence-electron chi connectivity index (χ3n) is 2.19. The fourth-order valence-corrected chi connectivity index (χ4v) is 1.85. The van der Waals surface area contributed by atoms with Gasteiger partial charge in [-0.3, -0.25) is 0 Å². The lowest BCUT2D eigenvalue weighted by molar-refractivity contribution is 0.00290. The van der Waals surface area contributed by atoms with Gasteiger partial charge in [-0.25, -0.2) is 0 Å². The van der Waals surface area contributed by atoms with Crippen LogP contribution in [0.15, 0.2) is 12.4 Å². The number of hydrogen-bond acceptors (Lipinski definition) is 5. The summed E-state index contributed by atoms with van der Waals surface area (Å²) in [5.74, 6) is -0.236. The van der Waals surface area contributed by atoms with Crippen LogP contribution in [0.1, 0.15) is 26.7 Å². The van der Waals surface area contributed by atoms with Crippen molar-refractivity contribution in [2.24, 2.45) is 0 Å². The Labute approximate surface area is 103 Å². The van der Waals surface area contributed by atoms with Gasteiger partial charge in [-0.1, -0.05) is 17.7 Å². The summed E-state index contributed by atoms with van der Waals surface area (Å²) in [4.78, 5) is 4.41. The van der Waals surface area contributed by atoms with Crippen LogP contribution < -0.4 is 0 Å². The second kappa shape index (κ2) is 8.30. The zero-order valence-corrected chi connectivity index (χ0v) is 11.4. The molecular weight excluding hydrogens is 247 g/mol. The van der Waals surface area contributed by atoms with E-state index < -0.39 is 10.1 Å². The first-order valence-corrected chi connectivity index (χ1v) is 7.18. The molecule has 0 spiro atoms. The van der Waals surface area contributed by atoms with E-state index in [0.29, 0.717) is 12.8 Å². The van der Waals surface area contributed by atoms with E-state index in [1.165, 1.54) is 0 Å². The second-order valence-corrected chi connectivity index (χ2v) is 5.43. The molecule has 1 aliphatic rings. The van der Waals surface area contributed by atoms with Crippen LogP contribution in [0.25, 0.3) is 0 Å². The van der Waals surface area contributed by atoms with E-state index in [1.807, 2.05) is 6.92 Å². The maximum absolute atomic E-state index is 11.0. The highest BCUT2D eigenvalue weighted by Crippen LogP contribution is 2.01. The van der Waals surface area contributed by atoms with Crippen LogP contribution in [0.5, 0.6) is 0 Å². The molecule has 0 amide bonds. The number of halogens is 1. The lowest BCUT2D eigenvalue weighted by Crippen LogP contribution is -2.21. The molecule has 0 atom stereocenters. The number of hydrogen-bond donors (Lipinski definition) is 0. The molecule has 17 heavy (non-hydrogen) atoms. The van der Waals surface area contributed by atoms with Crippen LogP contribution in [0.4, 0.5) is 4.53 Å². The Kier molecular flexibility index (Phi) is 7.90. The quantitative estimate of drug-likeness (QED) is 0.759. The molecule has 0 N–H and O–H groups in total. The van der Waals surface area contributed by atoms with E-state index in [2.05, 4.69) is 40.6 Å². The minimum absolute atomic E-state index is 0.236. The summed E-state index contributed by atoms with van der Waals surface area (Å²) in [6.45, 7) is 6.13. The van der Waals surface area contributed by atoms with Crippen molar-refractivity contribution in [2.75, 3.05) is 26.0 Å². The summed E-state index contributed by atoms with van der Waals surface area (Å²) in [6.07, 6.45) is 5.35. The van der Waals surface area contributed by atoms with Crippen LogP contribution in [0.3, 0.4) is 0 Å². The first-order valence-electron chi connectivity index (χ1n) is 5.60. The zero-order valence-electron chi connectivity index (χ0n) is 10.6. The molecule has 1 heterocycles. The first-order chi connectivity index (χ1) is 7.95. The molecule has 0 saturated heterocycles. The van der Waals surface area contributed by atoms with E-state index in [0.717, 1.165) is 13.2 Å². The molecular formula is C10H21FN2O3S. The molecule has 0 aromatic carbocycles. The molecule has 0 aliphatic carbocycles. The summed E-state index contributed by atoms with van der Waals surface area (Å²) in [7, 11) is -1.77. The molecule has 0 unspecified atom stereocenters. The van der Waals surface area contributed by atoms with Gasteiger partial charge in [0.15, 0.2) is 0 Å². The van der Waals surface area contributed by atoms with Gasteiger partial charge in [0.2, 0.25) is 0 Å². The first kappa shape index (κ1) is 16.2. The molecule has 5 nitrogen and oxygen atoms in total. The summed E-state index contributed by atoms with van der Waals surface area (Å²) >= 11 is 0. The van der Waals surface area contributed by atoms with Crippen LogP contribution >= 0.6 is 0 Å². The average Bonchev–Trinajstić information content (AvgIpc) is 2.73. The molecule has 0 aromatic heterocycles. The summed E-state index contributed by atoms with van der Waals surface area (Å²) in [5, 5.41) is 0. The molecule has 102 valence electrons. The summed E-state index contributed by atoms with van der Waals surface area (Å²) < 4.78 is 34.0. The highest BCUT2D eigenvalue weighted by atomic mass is 32.2. The van der Waals surface area contributed by atoms with Crippen molar-refractivity contribution in [2.45, 2.75) is 26.7 Å². The van der Waals surface area contributed by atoms with E-state index in [-0.39, 0.29) is 5.75 Å². The van der Waals surface area contributed by atoms with Crippen molar-refractivity contribution in [1.82, 2.24) is 9.80 Å². The van der Waals surface area contributed by atoms with Gasteiger partial charge < -0.3 is 9.80 Å². The smallest absolute Gasteiger partial charge is 0.297 e. The van der Waals surface area contributed by atoms with Crippen molar-refractivity contribution in [3.8, 4) is 0 Å². The zero-order chi connectivity index (χ0) is 13.3. The molecule has 1 rings (SSSR count). The molecule has 1 aliphatic heterocycles. The Morgan fingerprint density at radius 1 is 1.35 bits per heavy atom. The van der Waals surface area contributed by atoms with Crippen molar-refractivity contribution in [3.63, 3.8) is 0 Å². The van der Waals surface area contributed by atoms with E-state index in [4.69, 9.17) is 0 Å². The maximum atomic E-state index is 11.0. The van der Waals surface area contributed by atoms with Gasteiger partial charge in [-0.2, -0.15) is 8.42 Å². The topological polar surface area (TPSA) is 49.9 Å². The largest absolute Gasteiger partial charge is 0.362 e. The predicted molar refractivity (Wildman–Crippen MR) is 65.0 cm³/mol. The van der Waals surface area contributed by atoms with Crippen LogP contribution in [-0.4, -0.2) is 44.2 Å². The van der Waals surface area contributed by atoms with E-state index in [1.54, 1.807) is 0 Å². The van der Waals surface area contributed by atoms with Crippen molar-refractivity contribution >= 4 is 10.1 Å². The highest BCUT2D eigenvalue weighted by molar-refractivity contribution is 7.86. The SMILES string of the molecule is CCCCS(=O)(=O)OF.CCN1C=CN(C)C1. The molecule has 0 aromatic rings. The van der Waals surface area contributed by atoms with E-state index >= 15 is 0 Å². The number of nitrogens with zero attached hydrogens (tertiary/aromatic N) is 2. The minimum atomic E-state index is -3.85. The molecule has 0 bridgehead atoms. The summed E-state index contributed by atoms with van der Waals surface area (Å²) in [6, 6.07) is 0. The van der Waals surface area contributed by atoms with Crippen LogP contribution in [-0.2, 0) is 14.5 Å². The lowest BCUT2D eigenvalue weighted by Gasteiger charge is -2.14. The highest BCUT2D eigenvalue weighted by Gasteiger charge is 2.08. The van der Waals surface area contributed by atoms with E-state index in [9.17, 15) is 12.9 Å². The lowest BCUT2D eigenvalue weighted by atomic mass is 10.4. The van der Waals surface area contributed by atoms with Crippen LogP contribution in [0.2, 0.25) is 0 Å². The van der Waals surface area contributed by atoms with Gasteiger partial charge in [0, 0.05) is 26.0 Å². The Balaban J connectivity index is 0.000000302.